The van der Waals surface area contributed by atoms with Crippen molar-refractivity contribution in [3.63, 3.8) is 0 Å². The molecular formula is C25H17N5OS. The van der Waals surface area contributed by atoms with Gasteiger partial charge in [-0.1, -0.05) is 0 Å². The van der Waals surface area contributed by atoms with Crippen LogP contribution in [0.25, 0.3) is 45.2 Å². The summed E-state index contributed by atoms with van der Waals surface area (Å²) in [5.74, 6) is 0.117. The number of aromatic hydroxyl groups is 1. The molecule has 0 radical (unpaired) electrons. The lowest BCUT2D eigenvalue weighted by molar-refractivity contribution is 0.473. The Bertz CT molecular complexity index is 1590. The van der Waals surface area contributed by atoms with Crippen molar-refractivity contribution >= 4 is 34.0 Å². The molecule has 0 amide bonds. The number of pyridine rings is 2. The first-order valence-corrected chi connectivity index (χ1v) is 10.9. The highest BCUT2D eigenvalue weighted by Gasteiger charge is 2.18. The summed E-state index contributed by atoms with van der Waals surface area (Å²) in [6.45, 7) is 2.12. The number of hydrogen-bond acceptors (Lipinski definition) is 5. The summed E-state index contributed by atoms with van der Waals surface area (Å²) in [4.78, 5) is 14.6. The minimum atomic E-state index is 0.117. The second kappa shape index (κ2) is 7.20. The smallest absolute Gasteiger partial charge is 0.181 e. The molecule has 3 N–H and O–H groups in total. The maximum Gasteiger partial charge on any atom is 0.181 e. The number of aromatic nitrogens is 5. The first-order chi connectivity index (χ1) is 15.7. The summed E-state index contributed by atoms with van der Waals surface area (Å²) in [6, 6.07) is 10.1. The number of aryl methyl sites for hydroxylation is 1. The SMILES string of the molecule is Cc1ccc(C2=CC=C=Cc3[nH]c(-c4[nH]nc5ncc(-c6cncc(O)c6)cc45)cc32)s1. The van der Waals surface area contributed by atoms with Crippen LogP contribution in [0.3, 0.4) is 0 Å². The number of hydrogen-bond donors (Lipinski definition) is 3. The van der Waals surface area contributed by atoms with Crippen molar-refractivity contribution < 1.29 is 5.11 Å². The molecule has 5 aromatic heterocycles. The highest BCUT2D eigenvalue weighted by atomic mass is 32.1. The lowest BCUT2D eigenvalue weighted by Crippen LogP contribution is -1.84. The lowest BCUT2D eigenvalue weighted by atomic mass is 10.0. The fourth-order valence-electron chi connectivity index (χ4n) is 3.94. The van der Waals surface area contributed by atoms with E-state index in [1.54, 1.807) is 29.8 Å². The minimum Gasteiger partial charge on any atom is -0.506 e. The zero-order valence-corrected chi connectivity index (χ0v) is 17.9. The molecule has 7 heteroatoms. The number of nitrogens with zero attached hydrogens (tertiary/aromatic N) is 3. The second-order valence-corrected chi connectivity index (χ2v) is 8.89. The van der Waals surface area contributed by atoms with Crippen LogP contribution in [0.4, 0.5) is 0 Å². The molecule has 5 aromatic rings. The first-order valence-electron chi connectivity index (χ1n) is 10.1. The van der Waals surface area contributed by atoms with Gasteiger partial charge in [0.25, 0.3) is 0 Å². The minimum absolute atomic E-state index is 0.117. The number of allylic oxidation sites excluding steroid dienone is 2. The van der Waals surface area contributed by atoms with Crippen molar-refractivity contribution in [2.75, 3.05) is 0 Å². The van der Waals surface area contributed by atoms with Crippen LogP contribution < -0.4 is 0 Å². The van der Waals surface area contributed by atoms with Gasteiger partial charge in [-0.3, -0.25) is 10.1 Å². The van der Waals surface area contributed by atoms with E-state index in [0.29, 0.717) is 5.65 Å². The maximum absolute atomic E-state index is 9.79. The molecule has 0 fully saturated rings. The normalized spacial score (nSPS) is 12.7. The summed E-state index contributed by atoms with van der Waals surface area (Å²) in [5.41, 5.74) is 10.5. The zero-order chi connectivity index (χ0) is 21.7. The van der Waals surface area contributed by atoms with Crippen LogP contribution in [-0.4, -0.2) is 30.3 Å². The van der Waals surface area contributed by atoms with Gasteiger partial charge in [-0.25, -0.2) is 4.98 Å². The van der Waals surface area contributed by atoms with Crippen molar-refractivity contribution in [2.45, 2.75) is 6.92 Å². The molecule has 1 aliphatic carbocycles. The summed E-state index contributed by atoms with van der Waals surface area (Å²) < 4.78 is 0. The molecule has 154 valence electrons. The number of rotatable bonds is 3. The Morgan fingerprint density at radius 2 is 1.97 bits per heavy atom. The van der Waals surface area contributed by atoms with Crippen molar-refractivity contribution in [1.82, 2.24) is 25.1 Å². The summed E-state index contributed by atoms with van der Waals surface area (Å²) >= 11 is 1.78. The number of thiophene rings is 1. The molecule has 0 atom stereocenters. The van der Waals surface area contributed by atoms with Gasteiger partial charge in [0.05, 0.1) is 23.3 Å². The third-order valence-corrected chi connectivity index (χ3v) is 6.49. The molecule has 6 nitrogen and oxygen atoms in total. The molecule has 0 aliphatic heterocycles. The Balaban J connectivity index is 1.48. The topological polar surface area (TPSA) is 90.5 Å². The van der Waals surface area contributed by atoms with Crippen molar-refractivity contribution in [3.05, 3.63) is 87.8 Å². The largest absolute Gasteiger partial charge is 0.506 e. The predicted molar refractivity (Wildman–Crippen MR) is 127 cm³/mol. The van der Waals surface area contributed by atoms with Gasteiger partial charge in [-0.15, -0.1) is 17.1 Å². The van der Waals surface area contributed by atoms with E-state index in [-0.39, 0.29) is 5.75 Å². The monoisotopic (exact) mass is 435 g/mol. The molecule has 0 saturated carbocycles. The third kappa shape index (κ3) is 3.08. The molecule has 0 unspecified atom stereocenters. The average Bonchev–Trinajstić information content (AvgIpc) is 3.49. The molecule has 0 saturated heterocycles. The molecular weight excluding hydrogens is 418 g/mol. The van der Waals surface area contributed by atoms with Gasteiger partial charge in [-0.2, -0.15) is 5.10 Å². The highest BCUT2D eigenvalue weighted by Crippen LogP contribution is 2.37. The van der Waals surface area contributed by atoms with E-state index < -0.39 is 0 Å². The van der Waals surface area contributed by atoms with Gasteiger partial charge in [0.15, 0.2) is 5.65 Å². The van der Waals surface area contributed by atoms with Gasteiger partial charge in [-0.05, 0) is 49.4 Å². The molecule has 1 aliphatic rings. The Morgan fingerprint density at radius 1 is 1.06 bits per heavy atom. The molecule has 5 heterocycles. The van der Waals surface area contributed by atoms with E-state index in [0.717, 1.165) is 44.7 Å². The maximum atomic E-state index is 9.79. The fraction of sp³-hybridized carbons (Fsp3) is 0.0400. The summed E-state index contributed by atoms with van der Waals surface area (Å²) in [6.07, 6.45) is 10.9. The van der Waals surface area contributed by atoms with Crippen LogP contribution in [0.2, 0.25) is 0 Å². The van der Waals surface area contributed by atoms with Crippen LogP contribution in [0, 0.1) is 6.92 Å². The van der Waals surface area contributed by atoms with Crippen LogP contribution in [-0.2, 0) is 0 Å². The van der Waals surface area contributed by atoms with Gasteiger partial charge in [0, 0.05) is 55.9 Å². The van der Waals surface area contributed by atoms with E-state index >= 15 is 0 Å². The van der Waals surface area contributed by atoms with Crippen LogP contribution in [0.15, 0.2) is 66.8 Å². The van der Waals surface area contributed by atoms with Crippen molar-refractivity contribution in [2.24, 2.45) is 0 Å². The van der Waals surface area contributed by atoms with Gasteiger partial charge in [0.2, 0.25) is 0 Å². The molecule has 0 bridgehead atoms. The second-order valence-electron chi connectivity index (χ2n) is 7.60. The van der Waals surface area contributed by atoms with Gasteiger partial charge < -0.3 is 10.1 Å². The van der Waals surface area contributed by atoms with Gasteiger partial charge >= 0.3 is 0 Å². The average molecular weight is 436 g/mol. The van der Waals surface area contributed by atoms with Crippen LogP contribution in [0.1, 0.15) is 21.0 Å². The molecule has 0 spiro atoms. The fourth-order valence-corrected chi connectivity index (χ4v) is 4.84. The van der Waals surface area contributed by atoms with E-state index in [9.17, 15) is 5.11 Å². The van der Waals surface area contributed by atoms with Crippen molar-refractivity contribution in [3.8, 4) is 28.3 Å². The van der Waals surface area contributed by atoms with E-state index in [1.807, 2.05) is 18.2 Å². The Hall–Kier alpha value is -4.19. The summed E-state index contributed by atoms with van der Waals surface area (Å²) in [5, 5.41) is 18.2. The Morgan fingerprint density at radius 3 is 2.81 bits per heavy atom. The zero-order valence-electron chi connectivity index (χ0n) is 17.0. The standard InChI is InChI=1S/C25H17N5OS/c1-14-6-7-23(32-14)18-4-2-3-5-21-19(18)10-22(28-21)24-20-9-16(12-27-25(20)30-29-24)15-8-17(31)13-26-11-15/h2,4-13,28,31H,1H3,(H,27,29,30). The number of aromatic amines is 2. The summed E-state index contributed by atoms with van der Waals surface area (Å²) in [7, 11) is 0. The third-order valence-electron chi connectivity index (χ3n) is 5.45. The molecule has 32 heavy (non-hydrogen) atoms. The molecule has 6 rings (SSSR count). The predicted octanol–water partition coefficient (Wildman–Crippen LogP) is 5.70. The first kappa shape index (κ1) is 18.6. The number of fused-ring (bicyclic) bond motifs is 2. The highest BCUT2D eigenvalue weighted by molar-refractivity contribution is 7.13. The molecule has 0 aromatic carbocycles. The lowest BCUT2D eigenvalue weighted by Gasteiger charge is -2.03. The number of nitrogens with one attached hydrogen (secondary N) is 2. The Kier molecular flexibility index (Phi) is 4.18. The van der Waals surface area contributed by atoms with E-state index in [4.69, 9.17) is 0 Å². The Labute approximate surface area is 187 Å². The van der Waals surface area contributed by atoms with Crippen molar-refractivity contribution in [1.29, 1.82) is 0 Å². The van der Waals surface area contributed by atoms with E-state index in [1.165, 1.54) is 16.0 Å². The van der Waals surface area contributed by atoms with E-state index in [2.05, 4.69) is 62.1 Å². The van der Waals surface area contributed by atoms with Gasteiger partial charge in [0.1, 0.15) is 5.75 Å². The van der Waals surface area contributed by atoms with Crippen LogP contribution >= 0.6 is 11.3 Å². The quantitative estimate of drug-likeness (QED) is 0.317. The van der Waals surface area contributed by atoms with Crippen LogP contribution in [0.5, 0.6) is 5.75 Å². The number of H-pyrrole nitrogens is 2.